The van der Waals surface area contributed by atoms with E-state index >= 15 is 0 Å². The molecule has 0 aromatic carbocycles. The molecule has 1 heterocycles. The Labute approximate surface area is 96.8 Å². The maximum atomic E-state index is 11.2. The smallest absolute Gasteiger partial charge is 0.323 e. The summed E-state index contributed by atoms with van der Waals surface area (Å²) in [6, 6.07) is -0.152. The fourth-order valence-corrected chi connectivity index (χ4v) is 2.34. The number of carbonyl (C=O) groups is 1. The van der Waals surface area contributed by atoms with Gasteiger partial charge in [0.15, 0.2) is 0 Å². The Morgan fingerprint density at radius 2 is 2.19 bits per heavy atom. The topological polar surface area (TPSA) is 61.8 Å². The molecule has 0 radical (unpaired) electrons. The van der Waals surface area contributed by atoms with E-state index in [1.807, 2.05) is 11.8 Å². The molecule has 0 saturated carbocycles. The molecular weight excluding hydrogens is 208 g/mol. The Morgan fingerprint density at radius 1 is 1.56 bits per heavy atom. The van der Waals surface area contributed by atoms with E-state index in [0.29, 0.717) is 6.04 Å². The Kier molecular flexibility index (Phi) is 5.73. The highest BCUT2D eigenvalue weighted by atomic mass is 16.5. The van der Waals surface area contributed by atoms with E-state index in [4.69, 9.17) is 4.74 Å². The predicted molar refractivity (Wildman–Crippen MR) is 61.6 cm³/mol. The number of piperidine rings is 1. The molecular formula is C11H22N2O3. The molecule has 16 heavy (non-hydrogen) atoms. The van der Waals surface area contributed by atoms with Gasteiger partial charge in [-0.15, -0.1) is 0 Å². The number of nitrogens with one attached hydrogen (secondary N) is 1. The highest BCUT2D eigenvalue weighted by molar-refractivity contribution is 5.73. The number of nitrogens with zero attached hydrogens (tertiary/aromatic N) is 1. The lowest BCUT2D eigenvalue weighted by atomic mass is 10.0. The molecule has 1 unspecified atom stereocenters. The zero-order valence-electron chi connectivity index (χ0n) is 10.1. The summed E-state index contributed by atoms with van der Waals surface area (Å²) in [5.74, 6) is -0.790. The molecule has 0 spiro atoms. The van der Waals surface area contributed by atoms with Crippen LogP contribution in [0.25, 0.3) is 0 Å². The van der Waals surface area contributed by atoms with Gasteiger partial charge in [-0.3, -0.25) is 9.69 Å². The summed E-state index contributed by atoms with van der Waals surface area (Å²) in [5, 5.41) is 12.5. The van der Waals surface area contributed by atoms with Crippen molar-refractivity contribution in [3.8, 4) is 0 Å². The minimum absolute atomic E-state index is 0.257. The normalized spacial score (nSPS) is 19.9. The number of hydrogen-bond acceptors (Lipinski definition) is 4. The summed E-state index contributed by atoms with van der Waals surface area (Å²) in [6.07, 6.45) is 2.03. The van der Waals surface area contributed by atoms with Crippen LogP contribution in [-0.2, 0) is 9.53 Å². The summed E-state index contributed by atoms with van der Waals surface area (Å²) < 4.78 is 5.00. The summed E-state index contributed by atoms with van der Waals surface area (Å²) in [7, 11) is 1.55. The molecule has 1 saturated heterocycles. The van der Waals surface area contributed by atoms with E-state index in [9.17, 15) is 9.90 Å². The summed E-state index contributed by atoms with van der Waals surface area (Å²) in [6.45, 7) is 4.96. The van der Waals surface area contributed by atoms with Crippen molar-refractivity contribution in [2.45, 2.75) is 31.8 Å². The first-order valence-electron chi connectivity index (χ1n) is 5.88. The molecule has 0 aliphatic carbocycles. The molecule has 0 aromatic heterocycles. The maximum Gasteiger partial charge on any atom is 0.323 e. The van der Waals surface area contributed by atoms with E-state index in [1.54, 1.807) is 7.11 Å². The quantitative estimate of drug-likeness (QED) is 0.680. The average Bonchev–Trinajstić information content (AvgIpc) is 2.30. The van der Waals surface area contributed by atoms with Crippen LogP contribution in [0.1, 0.15) is 19.8 Å². The van der Waals surface area contributed by atoms with E-state index in [0.717, 1.165) is 32.5 Å². The van der Waals surface area contributed by atoms with Gasteiger partial charge < -0.3 is 15.2 Å². The molecule has 1 atom stereocenters. The average molecular weight is 230 g/mol. The van der Waals surface area contributed by atoms with Crippen LogP contribution in [-0.4, -0.2) is 61.4 Å². The zero-order chi connectivity index (χ0) is 12.0. The van der Waals surface area contributed by atoms with E-state index in [-0.39, 0.29) is 6.61 Å². The predicted octanol–water partition coefficient (Wildman–Crippen LogP) is 0.160. The molecule has 1 fully saturated rings. The first-order chi connectivity index (χ1) is 7.70. The van der Waals surface area contributed by atoms with Crippen LogP contribution in [0, 0.1) is 0 Å². The molecule has 2 N–H and O–H groups in total. The number of rotatable bonds is 6. The van der Waals surface area contributed by atoms with Crippen molar-refractivity contribution < 1.29 is 14.6 Å². The van der Waals surface area contributed by atoms with Crippen molar-refractivity contribution in [1.29, 1.82) is 0 Å². The second-order valence-corrected chi connectivity index (χ2v) is 4.12. The van der Waals surface area contributed by atoms with Gasteiger partial charge in [0.05, 0.1) is 6.61 Å². The van der Waals surface area contributed by atoms with E-state index < -0.39 is 12.0 Å². The maximum absolute atomic E-state index is 11.2. The summed E-state index contributed by atoms with van der Waals surface area (Å²) >= 11 is 0. The van der Waals surface area contributed by atoms with Gasteiger partial charge in [-0.1, -0.05) is 6.92 Å². The van der Waals surface area contributed by atoms with Crippen LogP contribution in [0.5, 0.6) is 0 Å². The van der Waals surface area contributed by atoms with Crippen LogP contribution < -0.4 is 5.32 Å². The lowest BCUT2D eigenvalue weighted by Gasteiger charge is -2.37. The molecule has 1 rings (SSSR count). The van der Waals surface area contributed by atoms with Crippen molar-refractivity contribution in [3.05, 3.63) is 0 Å². The van der Waals surface area contributed by atoms with Crippen LogP contribution in [0.4, 0.5) is 0 Å². The summed E-state index contributed by atoms with van der Waals surface area (Å²) in [5.41, 5.74) is 0. The lowest BCUT2D eigenvalue weighted by molar-refractivity contribution is -0.146. The number of carboxylic acid groups (broad SMARTS) is 1. The zero-order valence-corrected chi connectivity index (χ0v) is 10.1. The molecule has 0 amide bonds. The third kappa shape index (κ3) is 3.43. The fourth-order valence-electron chi connectivity index (χ4n) is 2.34. The third-order valence-corrected chi connectivity index (χ3v) is 3.15. The molecule has 94 valence electrons. The number of carboxylic acids is 1. The largest absolute Gasteiger partial charge is 0.480 e. The van der Waals surface area contributed by atoms with E-state index in [2.05, 4.69) is 5.32 Å². The van der Waals surface area contributed by atoms with Gasteiger partial charge in [0.1, 0.15) is 6.04 Å². The van der Waals surface area contributed by atoms with Crippen molar-refractivity contribution in [3.63, 3.8) is 0 Å². The minimum atomic E-state index is -0.790. The lowest BCUT2D eigenvalue weighted by Crippen LogP contribution is -2.52. The fraction of sp³-hybridized carbons (Fsp3) is 0.909. The van der Waals surface area contributed by atoms with Crippen molar-refractivity contribution in [1.82, 2.24) is 10.2 Å². The Bertz CT molecular complexity index is 217. The molecule has 5 heteroatoms. The van der Waals surface area contributed by atoms with Crippen LogP contribution >= 0.6 is 0 Å². The Hall–Kier alpha value is -0.650. The van der Waals surface area contributed by atoms with Crippen molar-refractivity contribution in [2.75, 3.05) is 33.4 Å². The van der Waals surface area contributed by atoms with Gasteiger partial charge in [-0.05, 0) is 32.5 Å². The monoisotopic (exact) mass is 230 g/mol. The van der Waals surface area contributed by atoms with Gasteiger partial charge in [0.2, 0.25) is 0 Å². The second kappa shape index (κ2) is 6.83. The number of hydrogen-bond donors (Lipinski definition) is 2. The number of likely N-dealkylation sites (N-methyl/N-ethyl adjacent to an activating group) is 1. The first-order valence-corrected chi connectivity index (χ1v) is 5.88. The highest BCUT2D eigenvalue weighted by Gasteiger charge is 2.30. The van der Waals surface area contributed by atoms with Crippen LogP contribution in [0.15, 0.2) is 0 Å². The third-order valence-electron chi connectivity index (χ3n) is 3.15. The molecule has 0 bridgehead atoms. The van der Waals surface area contributed by atoms with E-state index in [1.165, 1.54) is 0 Å². The van der Waals surface area contributed by atoms with Gasteiger partial charge in [0, 0.05) is 13.2 Å². The molecule has 1 aliphatic heterocycles. The summed E-state index contributed by atoms with van der Waals surface area (Å²) in [4.78, 5) is 13.2. The SMILES string of the molecule is CCN(C1CCNCC1)C(COC)C(=O)O. The molecule has 5 nitrogen and oxygen atoms in total. The van der Waals surface area contributed by atoms with Gasteiger partial charge in [-0.25, -0.2) is 0 Å². The Morgan fingerprint density at radius 3 is 2.62 bits per heavy atom. The highest BCUT2D eigenvalue weighted by Crippen LogP contribution is 2.15. The minimum Gasteiger partial charge on any atom is -0.480 e. The number of methoxy groups -OCH3 is 1. The van der Waals surface area contributed by atoms with Gasteiger partial charge in [0.25, 0.3) is 0 Å². The number of aliphatic carboxylic acids is 1. The van der Waals surface area contributed by atoms with Gasteiger partial charge >= 0.3 is 5.97 Å². The first kappa shape index (κ1) is 13.4. The molecule has 0 aromatic rings. The van der Waals surface area contributed by atoms with Crippen LogP contribution in [0.2, 0.25) is 0 Å². The molecule has 1 aliphatic rings. The number of ether oxygens (including phenoxy) is 1. The van der Waals surface area contributed by atoms with Crippen molar-refractivity contribution >= 4 is 5.97 Å². The Balaban J connectivity index is 2.64. The van der Waals surface area contributed by atoms with Gasteiger partial charge in [-0.2, -0.15) is 0 Å². The van der Waals surface area contributed by atoms with Crippen LogP contribution in [0.3, 0.4) is 0 Å². The second-order valence-electron chi connectivity index (χ2n) is 4.12. The standard InChI is InChI=1S/C11H22N2O3/c1-3-13(9-4-6-12-7-5-9)10(8-16-2)11(14)15/h9-10,12H,3-8H2,1-2H3,(H,14,15). The van der Waals surface area contributed by atoms with Crippen molar-refractivity contribution in [2.24, 2.45) is 0 Å².